The van der Waals surface area contributed by atoms with Gasteiger partial charge >= 0.3 is 0 Å². The summed E-state index contributed by atoms with van der Waals surface area (Å²) in [6.45, 7) is 12.5. The summed E-state index contributed by atoms with van der Waals surface area (Å²) < 4.78 is 5.79. The Morgan fingerprint density at radius 1 is 1.43 bits per heavy atom. The van der Waals surface area contributed by atoms with E-state index in [4.69, 9.17) is 4.74 Å². The summed E-state index contributed by atoms with van der Waals surface area (Å²) in [5.41, 5.74) is 2.64. The normalized spacial score (nSPS) is 19.0. The van der Waals surface area contributed by atoms with Crippen LogP contribution in [0.3, 0.4) is 0 Å². The van der Waals surface area contributed by atoms with Crippen LogP contribution in [-0.4, -0.2) is 36.3 Å². The zero-order valence-electron chi connectivity index (χ0n) is 13.9. The Hall–Kier alpha value is -1.13. The molecule has 1 aromatic heterocycles. The Morgan fingerprint density at radius 2 is 2.24 bits per heavy atom. The average molecular weight is 291 g/mol. The van der Waals surface area contributed by atoms with Gasteiger partial charge in [0.05, 0.1) is 6.10 Å². The molecule has 0 amide bonds. The van der Waals surface area contributed by atoms with Crippen molar-refractivity contribution in [3.05, 3.63) is 24.0 Å². The van der Waals surface area contributed by atoms with E-state index in [-0.39, 0.29) is 5.54 Å². The molecule has 0 bridgehead atoms. The third kappa shape index (κ3) is 4.97. The fraction of sp³-hybridized carbons (Fsp3) is 0.706. The van der Waals surface area contributed by atoms with Crippen LogP contribution in [0, 0.1) is 0 Å². The molecule has 1 aliphatic heterocycles. The number of ether oxygens (including phenoxy) is 1. The molecule has 1 aromatic rings. The highest BCUT2D eigenvalue weighted by atomic mass is 16.5. The summed E-state index contributed by atoms with van der Waals surface area (Å²) in [6.07, 6.45) is 6.61. The van der Waals surface area contributed by atoms with Crippen LogP contribution in [0.2, 0.25) is 0 Å². The minimum atomic E-state index is 0.110. The topological polar surface area (TPSA) is 37.4 Å². The van der Waals surface area contributed by atoms with Gasteiger partial charge in [0.15, 0.2) is 0 Å². The lowest BCUT2D eigenvalue weighted by molar-refractivity contribution is 0.115. The van der Waals surface area contributed by atoms with E-state index < -0.39 is 0 Å². The lowest BCUT2D eigenvalue weighted by Gasteiger charge is -2.29. The first-order chi connectivity index (χ1) is 9.99. The zero-order chi connectivity index (χ0) is 15.3. The summed E-state index contributed by atoms with van der Waals surface area (Å²) in [6, 6.07) is 2.12. The van der Waals surface area contributed by atoms with Crippen LogP contribution >= 0.6 is 0 Å². The maximum Gasteiger partial charge on any atom is 0.0750 e. The smallest absolute Gasteiger partial charge is 0.0750 e. The molecular weight excluding hydrogens is 262 g/mol. The Labute approximate surface area is 128 Å². The van der Waals surface area contributed by atoms with Crippen molar-refractivity contribution in [1.82, 2.24) is 10.3 Å². The van der Waals surface area contributed by atoms with E-state index in [1.165, 1.54) is 24.1 Å². The first-order valence-electron chi connectivity index (χ1n) is 8.04. The summed E-state index contributed by atoms with van der Waals surface area (Å²) in [5, 5.41) is 3.55. The van der Waals surface area contributed by atoms with E-state index in [1.54, 1.807) is 0 Å². The van der Waals surface area contributed by atoms with Gasteiger partial charge in [0, 0.05) is 55.4 Å². The zero-order valence-corrected chi connectivity index (χ0v) is 13.9. The number of aromatic nitrogens is 1. The number of rotatable bonds is 6. The van der Waals surface area contributed by atoms with E-state index in [0.717, 1.165) is 26.2 Å². The van der Waals surface area contributed by atoms with Crippen molar-refractivity contribution in [2.24, 2.45) is 0 Å². The van der Waals surface area contributed by atoms with Crippen LogP contribution in [0.1, 0.15) is 46.1 Å². The molecule has 0 aliphatic carbocycles. The second-order valence-corrected chi connectivity index (χ2v) is 6.78. The average Bonchev–Trinajstić information content (AvgIpc) is 2.95. The van der Waals surface area contributed by atoms with Gasteiger partial charge in [0.1, 0.15) is 0 Å². The third-order valence-corrected chi connectivity index (χ3v) is 3.86. The largest absolute Gasteiger partial charge is 0.376 e. The van der Waals surface area contributed by atoms with Gasteiger partial charge in [-0.05, 0) is 46.6 Å². The van der Waals surface area contributed by atoms with Crippen molar-refractivity contribution >= 4 is 5.69 Å². The van der Waals surface area contributed by atoms with Crippen molar-refractivity contribution in [2.75, 3.05) is 24.6 Å². The molecule has 1 unspecified atom stereocenters. The van der Waals surface area contributed by atoms with Gasteiger partial charge in [-0.25, -0.2) is 0 Å². The molecule has 0 spiro atoms. The van der Waals surface area contributed by atoms with Crippen LogP contribution in [0.4, 0.5) is 5.69 Å². The number of nitrogens with zero attached hydrogens (tertiary/aromatic N) is 2. The van der Waals surface area contributed by atoms with Crippen molar-refractivity contribution in [1.29, 1.82) is 0 Å². The van der Waals surface area contributed by atoms with Crippen molar-refractivity contribution in [2.45, 2.75) is 58.7 Å². The van der Waals surface area contributed by atoms with Gasteiger partial charge in [-0.2, -0.15) is 0 Å². The Kier molecular flexibility index (Phi) is 5.59. The van der Waals surface area contributed by atoms with E-state index in [9.17, 15) is 0 Å². The Balaban J connectivity index is 2.08. The first-order valence-corrected chi connectivity index (χ1v) is 8.04. The molecule has 1 saturated heterocycles. The van der Waals surface area contributed by atoms with Crippen LogP contribution in [0.25, 0.3) is 0 Å². The van der Waals surface area contributed by atoms with Crippen molar-refractivity contribution < 1.29 is 4.74 Å². The summed E-state index contributed by atoms with van der Waals surface area (Å²) in [5.74, 6) is 0. The molecule has 1 fully saturated rings. The molecule has 1 atom stereocenters. The van der Waals surface area contributed by atoms with Crippen molar-refractivity contribution in [3.8, 4) is 0 Å². The van der Waals surface area contributed by atoms with E-state index in [0.29, 0.717) is 6.10 Å². The maximum absolute atomic E-state index is 5.79. The van der Waals surface area contributed by atoms with Gasteiger partial charge in [0.2, 0.25) is 0 Å². The molecule has 118 valence electrons. The minimum absolute atomic E-state index is 0.110. The number of pyridine rings is 1. The summed E-state index contributed by atoms with van der Waals surface area (Å²) in [7, 11) is 0. The summed E-state index contributed by atoms with van der Waals surface area (Å²) in [4.78, 5) is 6.71. The van der Waals surface area contributed by atoms with Crippen molar-refractivity contribution in [3.63, 3.8) is 0 Å². The molecule has 21 heavy (non-hydrogen) atoms. The minimum Gasteiger partial charge on any atom is -0.376 e. The van der Waals surface area contributed by atoms with Gasteiger partial charge in [-0.1, -0.05) is 0 Å². The second-order valence-electron chi connectivity index (χ2n) is 6.78. The molecule has 0 saturated carbocycles. The SMILES string of the molecule is CCN(CC1CCCO1)c1ccncc1CNC(C)(C)C. The Morgan fingerprint density at radius 3 is 2.86 bits per heavy atom. The predicted octanol–water partition coefficient (Wildman–Crippen LogP) is 2.98. The van der Waals surface area contributed by atoms with Crippen LogP contribution in [0.5, 0.6) is 0 Å². The van der Waals surface area contributed by atoms with Gasteiger partial charge in [-0.3, -0.25) is 4.98 Å². The fourth-order valence-corrected chi connectivity index (χ4v) is 2.66. The van der Waals surface area contributed by atoms with E-state index in [1.807, 2.05) is 12.4 Å². The van der Waals surface area contributed by atoms with Crippen LogP contribution in [-0.2, 0) is 11.3 Å². The van der Waals surface area contributed by atoms with E-state index >= 15 is 0 Å². The molecule has 2 rings (SSSR count). The standard InChI is InChI=1S/C17H29N3O/c1-5-20(13-15-7-6-10-21-15)16-8-9-18-11-14(16)12-19-17(2,3)4/h8-9,11,15,19H,5-7,10,12-13H2,1-4H3. The number of nitrogens with one attached hydrogen (secondary N) is 1. The quantitative estimate of drug-likeness (QED) is 0.874. The van der Waals surface area contributed by atoms with Gasteiger partial charge in [0.25, 0.3) is 0 Å². The Bertz CT molecular complexity index is 436. The first kappa shape index (κ1) is 16.2. The highest BCUT2D eigenvalue weighted by Gasteiger charge is 2.20. The fourth-order valence-electron chi connectivity index (χ4n) is 2.66. The molecule has 4 nitrogen and oxygen atoms in total. The molecule has 1 aliphatic rings. The molecule has 2 heterocycles. The van der Waals surface area contributed by atoms with Crippen LogP contribution < -0.4 is 10.2 Å². The highest BCUT2D eigenvalue weighted by Crippen LogP contribution is 2.22. The van der Waals surface area contributed by atoms with E-state index in [2.05, 4.69) is 49.0 Å². The predicted molar refractivity (Wildman–Crippen MR) is 87.7 cm³/mol. The molecular formula is C17H29N3O. The lowest BCUT2D eigenvalue weighted by Crippen LogP contribution is -2.37. The van der Waals surface area contributed by atoms with Gasteiger partial charge in [-0.15, -0.1) is 0 Å². The third-order valence-electron chi connectivity index (χ3n) is 3.86. The summed E-state index contributed by atoms with van der Waals surface area (Å²) >= 11 is 0. The second kappa shape index (κ2) is 7.23. The molecule has 0 radical (unpaired) electrons. The number of likely N-dealkylation sites (N-methyl/N-ethyl adjacent to an activating group) is 1. The maximum atomic E-state index is 5.79. The number of anilines is 1. The van der Waals surface area contributed by atoms with Gasteiger partial charge < -0.3 is 15.0 Å². The van der Waals surface area contributed by atoms with Crippen LogP contribution in [0.15, 0.2) is 18.5 Å². The molecule has 4 heteroatoms. The molecule has 0 aromatic carbocycles. The highest BCUT2D eigenvalue weighted by molar-refractivity contribution is 5.52. The number of hydrogen-bond acceptors (Lipinski definition) is 4. The molecule has 1 N–H and O–H groups in total. The monoisotopic (exact) mass is 291 g/mol. The lowest BCUT2D eigenvalue weighted by atomic mass is 10.1. The number of hydrogen-bond donors (Lipinski definition) is 1.